The summed E-state index contributed by atoms with van der Waals surface area (Å²) in [6.07, 6.45) is 7.93. The monoisotopic (exact) mass is 293 g/mol. The number of nitrogens with zero attached hydrogens (tertiary/aromatic N) is 3. The average Bonchev–Trinajstić information content (AvgIpc) is 2.84. The van der Waals surface area contributed by atoms with Gasteiger partial charge in [-0.25, -0.2) is 0 Å². The second-order valence-corrected chi connectivity index (χ2v) is 6.15. The Hall–Kier alpha value is -1.36. The Kier molecular flexibility index (Phi) is 5.79. The average molecular weight is 293 g/mol. The van der Waals surface area contributed by atoms with Gasteiger partial charge in [-0.05, 0) is 45.6 Å². The van der Waals surface area contributed by atoms with Crippen molar-refractivity contribution in [1.29, 1.82) is 0 Å². The number of carbonyl (C=O) groups is 1. The van der Waals surface area contributed by atoms with Gasteiger partial charge in [-0.3, -0.25) is 9.48 Å². The van der Waals surface area contributed by atoms with Gasteiger partial charge in [0.15, 0.2) is 0 Å². The predicted octanol–water partition coefficient (Wildman–Crippen LogP) is 2.39. The molecule has 0 N–H and O–H groups in total. The number of ether oxygens (including phenoxy) is 1. The predicted molar refractivity (Wildman–Crippen MR) is 82.0 cm³/mol. The second-order valence-electron chi connectivity index (χ2n) is 6.15. The van der Waals surface area contributed by atoms with E-state index in [2.05, 4.69) is 5.10 Å². The zero-order valence-corrected chi connectivity index (χ0v) is 13.4. The Morgan fingerprint density at radius 2 is 2.29 bits per heavy atom. The molecule has 1 aliphatic rings. The molecule has 0 bridgehead atoms. The summed E-state index contributed by atoms with van der Waals surface area (Å²) >= 11 is 0. The Balaban J connectivity index is 1.90. The van der Waals surface area contributed by atoms with Crippen molar-refractivity contribution in [3.63, 3.8) is 0 Å². The Morgan fingerprint density at radius 3 is 2.95 bits per heavy atom. The van der Waals surface area contributed by atoms with Crippen LogP contribution in [0.3, 0.4) is 0 Å². The van der Waals surface area contributed by atoms with Crippen molar-refractivity contribution >= 4 is 5.91 Å². The molecule has 1 aromatic rings. The highest BCUT2D eigenvalue weighted by Crippen LogP contribution is 2.19. The smallest absolute Gasteiger partial charge is 0.225 e. The summed E-state index contributed by atoms with van der Waals surface area (Å²) < 4.78 is 7.45. The first-order chi connectivity index (χ1) is 10.1. The normalized spacial score (nSPS) is 19.2. The van der Waals surface area contributed by atoms with E-state index in [0.717, 1.165) is 31.5 Å². The van der Waals surface area contributed by atoms with E-state index in [0.29, 0.717) is 13.0 Å². The molecule has 1 unspecified atom stereocenters. The molecule has 1 saturated heterocycles. The molecule has 118 valence electrons. The van der Waals surface area contributed by atoms with Crippen LogP contribution in [0, 0.1) is 6.92 Å². The second kappa shape index (κ2) is 7.59. The molecule has 21 heavy (non-hydrogen) atoms. The number of rotatable bonds is 6. The fourth-order valence-corrected chi connectivity index (χ4v) is 2.83. The number of amides is 1. The minimum atomic E-state index is 0.182. The molecule has 2 heterocycles. The van der Waals surface area contributed by atoms with Crippen LogP contribution < -0.4 is 0 Å². The number of aryl methyl sites for hydroxylation is 1. The molecule has 0 aliphatic carbocycles. The molecule has 1 atom stereocenters. The lowest BCUT2D eigenvalue weighted by molar-refractivity contribution is -0.136. The van der Waals surface area contributed by atoms with E-state index < -0.39 is 0 Å². The first-order valence-corrected chi connectivity index (χ1v) is 7.96. The van der Waals surface area contributed by atoms with Crippen molar-refractivity contribution in [2.75, 3.05) is 13.2 Å². The van der Waals surface area contributed by atoms with Crippen molar-refractivity contribution in [1.82, 2.24) is 14.7 Å². The van der Waals surface area contributed by atoms with Gasteiger partial charge in [0.05, 0.1) is 37.9 Å². The number of likely N-dealkylation sites (tertiary alicyclic amines) is 1. The van der Waals surface area contributed by atoms with E-state index in [1.165, 1.54) is 6.42 Å². The zero-order chi connectivity index (χ0) is 15.2. The molecule has 1 aliphatic heterocycles. The van der Waals surface area contributed by atoms with Crippen LogP contribution >= 0.6 is 0 Å². The van der Waals surface area contributed by atoms with Gasteiger partial charge in [-0.1, -0.05) is 0 Å². The maximum Gasteiger partial charge on any atom is 0.225 e. The SMILES string of the molecule is Cc1cnn(CC2CCCCN2C(=O)CCOC(C)C)c1. The van der Waals surface area contributed by atoms with Gasteiger partial charge in [0, 0.05) is 12.7 Å². The van der Waals surface area contributed by atoms with E-state index in [9.17, 15) is 4.79 Å². The van der Waals surface area contributed by atoms with Gasteiger partial charge in [-0.2, -0.15) is 5.10 Å². The standard InChI is InChI=1S/C16H27N3O2/c1-13(2)21-9-7-16(20)19-8-5-4-6-15(19)12-18-11-14(3)10-17-18/h10-11,13,15H,4-9,12H2,1-3H3. The minimum absolute atomic E-state index is 0.182. The molecular weight excluding hydrogens is 266 g/mol. The van der Waals surface area contributed by atoms with Gasteiger partial charge in [0.2, 0.25) is 5.91 Å². The van der Waals surface area contributed by atoms with Crippen LogP contribution in [0.25, 0.3) is 0 Å². The summed E-state index contributed by atoms with van der Waals surface area (Å²) in [5, 5.41) is 4.34. The fourth-order valence-electron chi connectivity index (χ4n) is 2.83. The van der Waals surface area contributed by atoms with E-state index in [-0.39, 0.29) is 18.1 Å². The first kappa shape index (κ1) is 16.0. The third kappa shape index (κ3) is 4.84. The molecule has 5 heteroatoms. The lowest BCUT2D eigenvalue weighted by atomic mass is 10.0. The van der Waals surface area contributed by atoms with Crippen LogP contribution in [-0.4, -0.2) is 45.9 Å². The molecule has 1 aromatic heterocycles. The largest absolute Gasteiger partial charge is 0.378 e. The Labute approximate surface area is 127 Å². The Bertz CT molecular complexity index is 456. The molecule has 1 amide bonds. The van der Waals surface area contributed by atoms with Crippen molar-refractivity contribution in [3.05, 3.63) is 18.0 Å². The van der Waals surface area contributed by atoms with Gasteiger partial charge >= 0.3 is 0 Å². The quantitative estimate of drug-likeness (QED) is 0.809. The van der Waals surface area contributed by atoms with Gasteiger partial charge in [0.1, 0.15) is 0 Å². The van der Waals surface area contributed by atoms with Gasteiger partial charge in [0.25, 0.3) is 0 Å². The van der Waals surface area contributed by atoms with Gasteiger partial charge < -0.3 is 9.64 Å². The van der Waals surface area contributed by atoms with Crippen LogP contribution in [0.2, 0.25) is 0 Å². The molecule has 2 rings (SSSR count). The van der Waals surface area contributed by atoms with Crippen molar-refractivity contribution in [3.8, 4) is 0 Å². The molecule has 0 aromatic carbocycles. The summed E-state index contributed by atoms with van der Waals surface area (Å²) in [4.78, 5) is 14.4. The van der Waals surface area contributed by atoms with E-state index in [1.807, 2.05) is 42.7 Å². The van der Waals surface area contributed by atoms with E-state index >= 15 is 0 Å². The van der Waals surface area contributed by atoms with Crippen molar-refractivity contribution in [2.45, 2.75) is 65.1 Å². The highest BCUT2D eigenvalue weighted by molar-refractivity contribution is 5.76. The molecule has 0 saturated carbocycles. The number of carbonyl (C=O) groups excluding carboxylic acids is 1. The summed E-state index contributed by atoms with van der Waals surface area (Å²) in [6, 6.07) is 0.268. The van der Waals surface area contributed by atoms with Gasteiger partial charge in [-0.15, -0.1) is 0 Å². The molecule has 0 radical (unpaired) electrons. The van der Waals surface area contributed by atoms with E-state index in [4.69, 9.17) is 4.74 Å². The zero-order valence-electron chi connectivity index (χ0n) is 13.4. The number of hydrogen-bond acceptors (Lipinski definition) is 3. The van der Waals surface area contributed by atoms with Crippen LogP contribution in [0.1, 0.15) is 45.1 Å². The summed E-state index contributed by atoms with van der Waals surface area (Å²) in [5.74, 6) is 0.212. The first-order valence-electron chi connectivity index (χ1n) is 7.96. The molecule has 0 spiro atoms. The number of piperidine rings is 1. The maximum absolute atomic E-state index is 12.4. The Morgan fingerprint density at radius 1 is 1.48 bits per heavy atom. The number of aromatic nitrogens is 2. The van der Waals surface area contributed by atoms with Crippen LogP contribution in [-0.2, 0) is 16.1 Å². The van der Waals surface area contributed by atoms with Crippen LogP contribution in [0.15, 0.2) is 12.4 Å². The molecule has 1 fully saturated rings. The van der Waals surface area contributed by atoms with Crippen molar-refractivity contribution in [2.24, 2.45) is 0 Å². The third-order valence-corrected chi connectivity index (χ3v) is 3.87. The van der Waals surface area contributed by atoms with E-state index in [1.54, 1.807) is 0 Å². The topological polar surface area (TPSA) is 47.4 Å². The van der Waals surface area contributed by atoms with Crippen LogP contribution in [0.4, 0.5) is 0 Å². The highest BCUT2D eigenvalue weighted by Gasteiger charge is 2.26. The number of hydrogen-bond donors (Lipinski definition) is 0. The summed E-state index contributed by atoms with van der Waals surface area (Å²) in [5.41, 5.74) is 1.16. The summed E-state index contributed by atoms with van der Waals surface area (Å²) in [7, 11) is 0. The highest BCUT2D eigenvalue weighted by atomic mass is 16.5. The molecular formula is C16H27N3O2. The maximum atomic E-state index is 12.4. The summed E-state index contributed by atoms with van der Waals surface area (Å²) in [6.45, 7) is 8.20. The third-order valence-electron chi connectivity index (χ3n) is 3.87. The minimum Gasteiger partial charge on any atom is -0.378 e. The lowest BCUT2D eigenvalue weighted by Crippen LogP contribution is -2.46. The fraction of sp³-hybridized carbons (Fsp3) is 0.750. The van der Waals surface area contributed by atoms with Crippen LogP contribution in [0.5, 0.6) is 0 Å². The molecule has 5 nitrogen and oxygen atoms in total. The van der Waals surface area contributed by atoms with Crippen molar-refractivity contribution < 1.29 is 9.53 Å². The lowest BCUT2D eigenvalue weighted by Gasteiger charge is -2.36.